The van der Waals surface area contributed by atoms with Crippen molar-refractivity contribution < 1.29 is 23.5 Å². The first kappa shape index (κ1) is 26.1. The van der Waals surface area contributed by atoms with Gasteiger partial charge in [0.2, 0.25) is 11.5 Å². The normalized spacial score (nSPS) is 17.3. The van der Waals surface area contributed by atoms with E-state index in [0.717, 1.165) is 5.56 Å². The van der Waals surface area contributed by atoms with Crippen molar-refractivity contribution in [3.05, 3.63) is 100 Å². The summed E-state index contributed by atoms with van der Waals surface area (Å²) in [7, 11) is 3.31. The van der Waals surface area contributed by atoms with E-state index >= 15 is 0 Å². The molecule has 1 aromatic heterocycles. The average molecular weight is 508 g/mol. The molecule has 0 bridgehead atoms. The van der Waals surface area contributed by atoms with Crippen LogP contribution in [0.2, 0.25) is 0 Å². The molecule has 1 saturated heterocycles. The fourth-order valence-electron chi connectivity index (χ4n) is 4.27. The van der Waals surface area contributed by atoms with E-state index in [2.05, 4.69) is 0 Å². The quantitative estimate of drug-likeness (QED) is 0.469. The van der Waals surface area contributed by atoms with Crippen molar-refractivity contribution in [2.45, 2.75) is 18.6 Å². The van der Waals surface area contributed by atoms with Crippen LogP contribution in [0.4, 0.5) is 4.39 Å². The zero-order valence-corrected chi connectivity index (χ0v) is 20.9. The molecule has 3 aromatic rings. The third kappa shape index (κ3) is 6.62. The van der Waals surface area contributed by atoms with Crippen LogP contribution in [0.5, 0.6) is 5.75 Å². The number of amides is 2. The Balaban J connectivity index is 1.54. The van der Waals surface area contributed by atoms with Crippen LogP contribution in [0.1, 0.15) is 22.3 Å². The first-order valence-corrected chi connectivity index (χ1v) is 12.0. The lowest BCUT2D eigenvalue weighted by Crippen LogP contribution is -2.58. The molecule has 37 heavy (non-hydrogen) atoms. The van der Waals surface area contributed by atoms with Crippen LogP contribution < -0.4 is 10.3 Å². The number of aryl methyl sites for hydroxylation is 1. The number of aromatic nitrogens is 1. The summed E-state index contributed by atoms with van der Waals surface area (Å²) in [4.78, 5) is 41.6. The van der Waals surface area contributed by atoms with Crippen molar-refractivity contribution >= 4 is 11.8 Å². The van der Waals surface area contributed by atoms with Gasteiger partial charge in [0.05, 0.1) is 25.1 Å². The molecule has 1 aliphatic rings. The Morgan fingerprint density at radius 2 is 1.81 bits per heavy atom. The molecule has 8 nitrogen and oxygen atoms in total. The van der Waals surface area contributed by atoms with Gasteiger partial charge < -0.3 is 23.8 Å². The topological polar surface area (TPSA) is 81.1 Å². The summed E-state index contributed by atoms with van der Waals surface area (Å²) in [5, 5.41) is 0. The number of ether oxygens (including phenoxy) is 2. The summed E-state index contributed by atoms with van der Waals surface area (Å²) < 4.78 is 26.8. The van der Waals surface area contributed by atoms with Gasteiger partial charge in [0.15, 0.2) is 0 Å². The van der Waals surface area contributed by atoms with Gasteiger partial charge in [-0.2, -0.15) is 0 Å². The van der Waals surface area contributed by atoms with Crippen LogP contribution >= 0.6 is 0 Å². The van der Waals surface area contributed by atoms with Crippen molar-refractivity contribution in [2.75, 3.05) is 33.4 Å². The van der Waals surface area contributed by atoms with E-state index in [1.54, 1.807) is 23.9 Å². The van der Waals surface area contributed by atoms with Gasteiger partial charge in [0.25, 0.3) is 5.91 Å². The highest BCUT2D eigenvalue weighted by atomic mass is 19.1. The second kappa shape index (κ2) is 11.4. The molecule has 1 unspecified atom stereocenters. The number of rotatable bonds is 8. The SMILES string of the molecule is CN(Cc1ccccc1)C(=O)CC1(COc2ccc(F)cc2)CN(C(=O)c2ccc(=O)n(C)c2)CCO1. The van der Waals surface area contributed by atoms with E-state index in [0.29, 0.717) is 24.4 Å². The minimum Gasteiger partial charge on any atom is -0.490 e. The van der Waals surface area contributed by atoms with Crippen molar-refractivity contribution in [1.29, 1.82) is 0 Å². The van der Waals surface area contributed by atoms with Crippen molar-refractivity contribution in [3.63, 3.8) is 0 Å². The largest absolute Gasteiger partial charge is 0.490 e. The highest BCUT2D eigenvalue weighted by Gasteiger charge is 2.42. The van der Waals surface area contributed by atoms with Gasteiger partial charge in [-0.05, 0) is 35.9 Å². The molecule has 0 radical (unpaired) electrons. The molecule has 2 amide bonds. The van der Waals surface area contributed by atoms with Gasteiger partial charge in [0.1, 0.15) is 23.8 Å². The Labute approximate surface area is 214 Å². The number of hydrogen-bond acceptors (Lipinski definition) is 5. The zero-order chi connectivity index (χ0) is 26.4. The lowest BCUT2D eigenvalue weighted by atomic mass is 9.96. The molecule has 0 aliphatic carbocycles. The molecule has 2 heterocycles. The van der Waals surface area contributed by atoms with Crippen LogP contribution in [0.3, 0.4) is 0 Å². The molecule has 0 spiro atoms. The third-order valence-corrected chi connectivity index (χ3v) is 6.35. The summed E-state index contributed by atoms with van der Waals surface area (Å²) in [6, 6.07) is 18.1. The molecular weight excluding hydrogens is 477 g/mol. The standard InChI is InChI=1S/C28H30FN3O5/c1-30(17-21-6-4-3-5-7-21)26(34)16-28(20-36-24-11-9-23(29)10-12-24)19-32(14-15-37-28)27(35)22-8-13-25(33)31(2)18-22/h3-13,18H,14-17,19-20H2,1-2H3. The molecule has 0 N–H and O–H groups in total. The molecule has 1 fully saturated rings. The molecule has 9 heteroatoms. The number of nitrogens with zero attached hydrogens (tertiary/aromatic N) is 3. The predicted octanol–water partition coefficient (Wildman–Crippen LogP) is 2.86. The summed E-state index contributed by atoms with van der Waals surface area (Å²) in [6.45, 7) is 1.06. The highest BCUT2D eigenvalue weighted by molar-refractivity contribution is 5.94. The summed E-state index contributed by atoms with van der Waals surface area (Å²) in [5.74, 6) is -0.392. The number of carbonyl (C=O) groups is 2. The highest BCUT2D eigenvalue weighted by Crippen LogP contribution is 2.26. The summed E-state index contributed by atoms with van der Waals surface area (Å²) in [5.41, 5.74) is 0.0221. The van der Waals surface area contributed by atoms with Crippen LogP contribution in [0.25, 0.3) is 0 Å². The van der Waals surface area contributed by atoms with Crippen molar-refractivity contribution in [1.82, 2.24) is 14.4 Å². The summed E-state index contributed by atoms with van der Waals surface area (Å²) >= 11 is 0. The van der Waals surface area contributed by atoms with Gasteiger partial charge >= 0.3 is 0 Å². The van der Waals surface area contributed by atoms with Gasteiger partial charge in [-0.1, -0.05) is 30.3 Å². The average Bonchev–Trinajstić information content (AvgIpc) is 2.90. The third-order valence-electron chi connectivity index (χ3n) is 6.35. The lowest BCUT2D eigenvalue weighted by Gasteiger charge is -2.42. The lowest BCUT2D eigenvalue weighted by molar-refractivity contribution is -0.152. The molecule has 2 aromatic carbocycles. The van der Waals surface area contributed by atoms with Crippen LogP contribution in [0.15, 0.2) is 77.7 Å². The Hall–Kier alpha value is -3.98. The smallest absolute Gasteiger partial charge is 0.255 e. The van der Waals surface area contributed by atoms with Gasteiger partial charge in [-0.3, -0.25) is 14.4 Å². The van der Waals surface area contributed by atoms with Crippen molar-refractivity contribution in [2.24, 2.45) is 7.05 Å². The van der Waals surface area contributed by atoms with Gasteiger partial charge in [0, 0.05) is 39.4 Å². The maximum absolute atomic E-state index is 13.4. The minimum absolute atomic E-state index is 0.0133. The second-order valence-corrected chi connectivity index (χ2v) is 9.28. The molecular formula is C28H30FN3O5. The number of pyridine rings is 1. The Morgan fingerprint density at radius 3 is 2.51 bits per heavy atom. The van der Waals surface area contributed by atoms with E-state index in [1.165, 1.54) is 47.2 Å². The van der Waals surface area contributed by atoms with Crippen LogP contribution in [-0.2, 0) is 23.1 Å². The first-order chi connectivity index (χ1) is 17.7. The molecule has 1 atom stereocenters. The Bertz CT molecular complexity index is 1300. The van der Waals surface area contributed by atoms with E-state index in [1.807, 2.05) is 30.3 Å². The Morgan fingerprint density at radius 1 is 1.08 bits per heavy atom. The van der Waals surface area contributed by atoms with Crippen LogP contribution in [0, 0.1) is 5.82 Å². The molecule has 1 aliphatic heterocycles. The fraction of sp³-hybridized carbons (Fsp3) is 0.321. The number of benzene rings is 2. The zero-order valence-electron chi connectivity index (χ0n) is 20.9. The molecule has 4 rings (SSSR count). The predicted molar refractivity (Wildman–Crippen MR) is 136 cm³/mol. The first-order valence-electron chi connectivity index (χ1n) is 12.0. The Kier molecular flexibility index (Phi) is 8.03. The van der Waals surface area contributed by atoms with Crippen LogP contribution in [-0.4, -0.2) is 65.1 Å². The number of hydrogen-bond donors (Lipinski definition) is 0. The van der Waals surface area contributed by atoms with E-state index in [4.69, 9.17) is 9.47 Å². The van der Waals surface area contributed by atoms with E-state index in [9.17, 15) is 18.8 Å². The summed E-state index contributed by atoms with van der Waals surface area (Å²) in [6.07, 6.45) is 1.48. The molecule has 194 valence electrons. The van der Waals surface area contributed by atoms with E-state index in [-0.39, 0.29) is 49.4 Å². The van der Waals surface area contributed by atoms with E-state index < -0.39 is 5.60 Å². The second-order valence-electron chi connectivity index (χ2n) is 9.28. The maximum atomic E-state index is 13.4. The van der Waals surface area contributed by atoms with Gasteiger partial charge in [-0.25, -0.2) is 4.39 Å². The number of carbonyl (C=O) groups excluding carboxylic acids is 2. The number of halogens is 1. The number of morpholine rings is 1. The monoisotopic (exact) mass is 507 g/mol. The maximum Gasteiger partial charge on any atom is 0.255 e. The van der Waals surface area contributed by atoms with Crippen molar-refractivity contribution in [3.8, 4) is 5.75 Å². The fourth-order valence-corrected chi connectivity index (χ4v) is 4.27. The van der Waals surface area contributed by atoms with Gasteiger partial charge in [-0.15, -0.1) is 0 Å². The minimum atomic E-state index is -1.12. The molecule has 0 saturated carbocycles.